The van der Waals surface area contributed by atoms with Gasteiger partial charge in [-0.25, -0.2) is 4.98 Å². The van der Waals surface area contributed by atoms with Crippen LogP contribution in [0.1, 0.15) is 6.92 Å². The highest BCUT2D eigenvalue weighted by molar-refractivity contribution is 7.98. The summed E-state index contributed by atoms with van der Waals surface area (Å²) < 4.78 is 0. The first kappa shape index (κ1) is 14.7. The van der Waals surface area contributed by atoms with Crippen molar-refractivity contribution in [3.8, 4) is 0 Å². The van der Waals surface area contributed by atoms with Crippen molar-refractivity contribution in [3.63, 3.8) is 0 Å². The number of rotatable bonds is 5. The average Bonchev–Trinajstić information content (AvgIpc) is 2.38. The fourth-order valence-corrected chi connectivity index (χ4v) is 2.66. The zero-order valence-electron chi connectivity index (χ0n) is 11.4. The molecular formula is C13H18N4O2S. The van der Waals surface area contributed by atoms with Crippen molar-refractivity contribution < 1.29 is 5.11 Å². The maximum atomic E-state index is 11.6. The minimum atomic E-state index is -0.831. The van der Waals surface area contributed by atoms with E-state index in [2.05, 4.69) is 15.3 Å². The number of aromatic nitrogens is 2. The quantitative estimate of drug-likeness (QED) is 0.614. The molecule has 0 bridgehead atoms. The molecule has 0 aliphatic heterocycles. The van der Waals surface area contributed by atoms with Crippen molar-refractivity contribution in [3.05, 3.63) is 28.8 Å². The van der Waals surface area contributed by atoms with Gasteiger partial charge in [0.15, 0.2) is 0 Å². The topological polar surface area (TPSA) is 104 Å². The van der Waals surface area contributed by atoms with Crippen molar-refractivity contribution in [1.82, 2.24) is 9.97 Å². The average molecular weight is 294 g/mol. The SMILES string of the molecule is CSCC(C)(O)CNc1cc2nc[nH]c(=O)c2cc1N. The molecular weight excluding hydrogens is 276 g/mol. The number of nitrogen functional groups attached to an aromatic ring is 1. The van der Waals surface area contributed by atoms with Crippen LogP contribution in [0.15, 0.2) is 23.3 Å². The first-order valence-corrected chi connectivity index (χ1v) is 7.54. The molecule has 1 heterocycles. The molecule has 0 fully saturated rings. The Morgan fingerprint density at radius 3 is 3.00 bits per heavy atom. The molecule has 6 nitrogen and oxygen atoms in total. The van der Waals surface area contributed by atoms with E-state index >= 15 is 0 Å². The summed E-state index contributed by atoms with van der Waals surface area (Å²) in [7, 11) is 0. The van der Waals surface area contributed by atoms with E-state index in [1.807, 2.05) is 6.26 Å². The van der Waals surface area contributed by atoms with Crippen molar-refractivity contribution >= 4 is 34.0 Å². The van der Waals surface area contributed by atoms with Crippen LogP contribution in [-0.2, 0) is 0 Å². The van der Waals surface area contributed by atoms with Gasteiger partial charge in [0.05, 0.1) is 34.2 Å². The number of benzene rings is 1. The van der Waals surface area contributed by atoms with Crippen LogP contribution in [0, 0.1) is 0 Å². The number of thioether (sulfide) groups is 1. The standard InChI is InChI=1S/C13H18N4O2S/c1-13(19,6-20-2)5-15-11-4-10-8(3-9(11)14)12(18)17-7-16-10/h3-4,7,15,19H,5-6,14H2,1-2H3,(H,16,17,18). The molecule has 7 heteroatoms. The van der Waals surface area contributed by atoms with Crippen LogP contribution in [0.25, 0.3) is 10.9 Å². The van der Waals surface area contributed by atoms with E-state index < -0.39 is 5.60 Å². The van der Waals surface area contributed by atoms with Crippen LogP contribution in [0.5, 0.6) is 0 Å². The zero-order chi connectivity index (χ0) is 14.8. The largest absolute Gasteiger partial charge is 0.397 e. The van der Waals surface area contributed by atoms with Crippen molar-refractivity contribution in [2.45, 2.75) is 12.5 Å². The van der Waals surface area contributed by atoms with Crippen molar-refractivity contribution in [1.29, 1.82) is 0 Å². The molecule has 1 unspecified atom stereocenters. The van der Waals surface area contributed by atoms with E-state index in [4.69, 9.17) is 5.73 Å². The zero-order valence-corrected chi connectivity index (χ0v) is 12.3. The number of nitrogens with two attached hydrogens (primary N) is 1. The Labute approximate surface area is 120 Å². The number of aromatic amines is 1. The maximum absolute atomic E-state index is 11.6. The number of H-pyrrole nitrogens is 1. The Morgan fingerprint density at radius 1 is 1.55 bits per heavy atom. The minimum absolute atomic E-state index is 0.220. The maximum Gasteiger partial charge on any atom is 0.258 e. The summed E-state index contributed by atoms with van der Waals surface area (Å²) in [5.74, 6) is 0.616. The summed E-state index contributed by atoms with van der Waals surface area (Å²) >= 11 is 1.57. The van der Waals surface area contributed by atoms with Crippen molar-refractivity contribution in [2.75, 3.05) is 29.6 Å². The summed E-state index contributed by atoms with van der Waals surface area (Å²) in [6.45, 7) is 2.13. The predicted molar refractivity (Wildman–Crippen MR) is 84.3 cm³/mol. The first-order chi connectivity index (χ1) is 9.43. The van der Waals surface area contributed by atoms with E-state index in [-0.39, 0.29) is 5.56 Å². The Morgan fingerprint density at radius 2 is 2.30 bits per heavy atom. The lowest BCUT2D eigenvalue weighted by Crippen LogP contribution is -2.36. The molecule has 5 N–H and O–H groups in total. The van der Waals surface area contributed by atoms with Gasteiger partial charge in [-0.3, -0.25) is 4.79 Å². The molecule has 108 valence electrons. The highest BCUT2D eigenvalue weighted by atomic mass is 32.2. The summed E-state index contributed by atoms with van der Waals surface area (Å²) in [4.78, 5) is 18.2. The van der Waals surface area contributed by atoms with Crippen LogP contribution in [0.4, 0.5) is 11.4 Å². The number of nitrogens with one attached hydrogen (secondary N) is 2. The second-order valence-corrected chi connectivity index (χ2v) is 5.84. The third kappa shape index (κ3) is 3.23. The van der Waals surface area contributed by atoms with Crippen LogP contribution < -0.4 is 16.6 Å². The molecule has 20 heavy (non-hydrogen) atoms. The number of nitrogens with zero attached hydrogens (tertiary/aromatic N) is 1. The van der Waals surface area contributed by atoms with Gasteiger partial charge in [-0.2, -0.15) is 11.8 Å². The molecule has 2 aromatic rings. The van der Waals surface area contributed by atoms with Crippen molar-refractivity contribution in [2.24, 2.45) is 0 Å². The normalized spacial score (nSPS) is 14.2. The van der Waals surface area contributed by atoms with Gasteiger partial charge in [-0.1, -0.05) is 0 Å². The van der Waals surface area contributed by atoms with Crippen LogP contribution in [0.3, 0.4) is 0 Å². The second-order valence-electron chi connectivity index (χ2n) is 4.97. The van der Waals surface area contributed by atoms with Gasteiger partial charge in [-0.05, 0) is 25.3 Å². The third-order valence-corrected chi connectivity index (χ3v) is 3.84. The lowest BCUT2D eigenvalue weighted by Gasteiger charge is -2.23. The fraction of sp³-hybridized carbons (Fsp3) is 0.385. The van der Waals surface area contributed by atoms with Gasteiger partial charge in [-0.15, -0.1) is 0 Å². The molecule has 1 aromatic heterocycles. The third-order valence-electron chi connectivity index (χ3n) is 2.93. The first-order valence-electron chi connectivity index (χ1n) is 6.15. The van der Waals surface area contributed by atoms with E-state index in [0.717, 1.165) is 0 Å². The Hall–Kier alpha value is -1.73. The molecule has 0 spiro atoms. The van der Waals surface area contributed by atoms with Crippen LogP contribution in [0.2, 0.25) is 0 Å². The number of anilines is 2. The van der Waals surface area contributed by atoms with Crippen LogP contribution in [-0.4, -0.2) is 39.2 Å². The summed E-state index contributed by atoms with van der Waals surface area (Å²) in [6.07, 6.45) is 3.30. The molecule has 0 amide bonds. The smallest absolute Gasteiger partial charge is 0.258 e. The monoisotopic (exact) mass is 294 g/mol. The van der Waals surface area contributed by atoms with Gasteiger partial charge in [0.1, 0.15) is 0 Å². The summed E-state index contributed by atoms with van der Waals surface area (Å²) in [5.41, 5.74) is 6.56. The molecule has 0 radical (unpaired) electrons. The highest BCUT2D eigenvalue weighted by Crippen LogP contribution is 2.23. The lowest BCUT2D eigenvalue weighted by molar-refractivity contribution is 0.0997. The van der Waals surface area contributed by atoms with E-state index in [1.165, 1.54) is 6.33 Å². The molecule has 2 rings (SSSR count). The fourth-order valence-electron chi connectivity index (χ4n) is 1.93. The molecule has 1 atom stereocenters. The van der Waals surface area contributed by atoms with Gasteiger partial charge in [0, 0.05) is 12.3 Å². The Bertz CT molecular complexity index is 669. The Balaban J connectivity index is 2.27. The van der Waals surface area contributed by atoms with Gasteiger partial charge >= 0.3 is 0 Å². The lowest BCUT2D eigenvalue weighted by atomic mass is 10.1. The van der Waals surface area contributed by atoms with E-state index in [1.54, 1.807) is 30.8 Å². The number of hydrogen-bond donors (Lipinski definition) is 4. The van der Waals surface area contributed by atoms with Gasteiger partial charge in [0.2, 0.25) is 0 Å². The number of fused-ring (bicyclic) bond motifs is 1. The molecule has 0 aliphatic carbocycles. The summed E-state index contributed by atoms with van der Waals surface area (Å²) in [5, 5.41) is 13.7. The minimum Gasteiger partial charge on any atom is -0.397 e. The van der Waals surface area contributed by atoms with E-state index in [0.29, 0.717) is 34.6 Å². The van der Waals surface area contributed by atoms with Gasteiger partial charge in [0.25, 0.3) is 5.56 Å². The molecule has 0 saturated carbocycles. The molecule has 0 saturated heterocycles. The second kappa shape index (κ2) is 5.72. The number of aliphatic hydroxyl groups is 1. The highest BCUT2D eigenvalue weighted by Gasteiger charge is 2.19. The number of hydrogen-bond acceptors (Lipinski definition) is 6. The molecule has 0 aliphatic rings. The Kier molecular flexibility index (Phi) is 4.20. The predicted octanol–water partition coefficient (Wildman–Crippen LogP) is 1.03. The van der Waals surface area contributed by atoms with Gasteiger partial charge < -0.3 is 21.1 Å². The van der Waals surface area contributed by atoms with Crippen LogP contribution >= 0.6 is 11.8 Å². The summed E-state index contributed by atoms with van der Waals surface area (Å²) in [6, 6.07) is 3.31. The van der Waals surface area contributed by atoms with E-state index in [9.17, 15) is 9.90 Å². The molecule has 1 aromatic carbocycles.